The number of fused-ring (bicyclic) bond motifs is 1. The summed E-state index contributed by atoms with van der Waals surface area (Å²) in [5.41, 5.74) is 1.25. The van der Waals surface area contributed by atoms with Gasteiger partial charge >= 0.3 is 5.97 Å². The van der Waals surface area contributed by atoms with E-state index >= 15 is 0 Å². The van der Waals surface area contributed by atoms with E-state index in [0.717, 1.165) is 42.5 Å². The van der Waals surface area contributed by atoms with Crippen LogP contribution in [0.5, 0.6) is 17.2 Å². The summed E-state index contributed by atoms with van der Waals surface area (Å²) in [4.78, 5) is 26.0. The van der Waals surface area contributed by atoms with Crippen molar-refractivity contribution in [3.63, 3.8) is 0 Å². The Bertz CT molecular complexity index is 1900. The lowest BCUT2D eigenvalue weighted by Gasteiger charge is -2.48. The van der Waals surface area contributed by atoms with Gasteiger partial charge < -0.3 is 45.2 Å². The van der Waals surface area contributed by atoms with Gasteiger partial charge in [0.1, 0.15) is 41.7 Å². The number of Topliss-reactive ketones (excluding diaryl/α,β-unsaturated/α-hetero) is 1. The van der Waals surface area contributed by atoms with E-state index in [4.69, 9.17) is 9.47 Å². The Kier molecular flexibility index (Phi) is 10.7. The van der Waals surface area contributed by atoms with E-state index in [1.807, 2.05) is 42.5 Å². The molecule has 4 aromatic rings. The van der Waals surface area contributed by atoms with Crippen LogP contribution in [0, 0.1) is 6.92 Å². The van der Waals surface area contributed by atoms with Crippen LogP contribution in [0.2, 0.25) is 0 Å². The van der Waals surface area contributed by atoms with Gasteiger partial charge in [0.05, 0.1) is 22.1 Å². The molecule has 2 aliphatic rings. The van der Waals surface area contributed by atoms with Crippen molar-refractivity contribution in [2.75, 3.05) is 0 Å². The van der Waals surface area contributed by atoms with Crippen LogP contribution in [0.15, 0.2) is 66.7 Å². The number of ketones is 1. The van der Waals surface area contributed by atoms with Crippen LogP contribution in [-0.4, -0.2) is 83.8 Å². The van der Waals surface area contributed by atoms with Gasteiger partial charge in [-0.1, -0.05) is 73.9 Å². The van der Waals surface area contributed by atoms with Gasteiger partial charge in [0.15, 0.2) is 5.78 Å². The summed E-state index contributed by atoms with van der Waals surface area (Å²) in [7, 11) is 0. The number of carboxylic acid groups (broad SMARTS) is 1. The van der Waals surface area contributed by atoms with Gasteiger partial charge in [-0.05, 0) is 67.9 Å². The molecule has 4 aromatic carbocycles. The van der Waals surface area contributed by atoms with Gasteiger partial charge in [0.25, 0.3) is 0 Å². The second-order valence-electron chi connectivity index (χ2n) is 13.8. The predicted octanol–water partition coefficient (Wildman–Crippen LogP) is 4.74. The maximum atomic E-state index is 13.8. The van der Waals surface area contributed by atoms with Crippen molar-refractivity contribution in [1.82, 2.24) is 0 Å². The molecule has 0 bridgehead atoms. The van der Waals surface area contributed by atoms with Crippen LogP contribution < -0.4 is 4.74 Å². The zero-order valence-corrected chi connectivity index (χ0v) is 28.4. The fourth-order valence-electron chi connectivity index (χ4n) is 7.53. The lowest BCUT2D eigenvalue weighted by Crippen LogP contribution is -2.65. The lowest BCUT2D eigenvalue weighted by atomic mass is 9.76. The molecule has 0 radical (unpaired) electrons. The van der Waals surface area contributed by atoms with Crippen molar-refractivity contribution < 1.29 is 54.8 Å². The standard InChI is InChI=1S/C40H44O11/c1-22-30(28(41)17-16-25-13-7-6-12-24(25)15-14-23-10-4-2-5-11-23)33(43)31-27(32(22)42)20-26(38(47)48)21-29(31)50-39-36(46)34(44)35(45)37(51-39)40(49)18-8-3-9-19-40/h2,4-7,10-13,20-21,34-37,39,42-46,49H,3,8-9,14-19H2,1H3,(H,47,48)/t34-,35-,36+,37-,39+/m0/s1. The highest BCUT2D eigenvalue weighted by Gasteiger charge is 2.53. The third kappa shape index (κ3) is 7.31. The number of ether oxygens (including phenoxy) is 2. The molecule has 0 unspecified atom stereocenters. The molecular formula is C40H44O11. The van der Waals surface area contributed by atoms with Gasteiger partial charge in [0.2, 0.25) is 6.29 Å². The Morgan fingerprint density at radius 1 is 0.824 bits per heavy atom. The van der Waals surface area contributed by atoms with E-state index in [2.05, 4.69) is 12.1 Å². The molecule has 11 nitrogen and oxygen atoms in total. The molecule has 2 fully saturated rings. The first-order valence-corrected chi connectivity index (χ1v) is 17.4. The predicted molar refractivity (Wildman–Crippen MR) is 187 cm³/mol. The maximum absolute atomic E-state index is 13.8. The average Bonchev–Trinajstić information content (AvgIpc) is 3.13. The van der Waals surface area contributed by atoms with Gasteiger partial charge in [-0.2, -0.15) is 0 Å². The normalized spacial score (nSPS) is 23.2. The number of benzene rings is 4. The molecule has 0 aromatic heterocycles. The number of aromatic hydroxyl groups is 2. The molecule has 1 saturated carbocycles. The van der Waals surface area contributed by atoms with Crippen LogP contribution in [0.4, 0.5) is 0 Å². The zero-order valence-electron chi connectivity index (χ0n) is 28.4. The second kappa shape index (κ2) is 15.0. The molecule has 270 valence electrons. The number of hydrogen-bond acceptors (Lipinski definition) is 10. The monoisotopic (exact) mass is 700 g/mol. The summed E-state index contributed by atoms with van der Waals surface area (Å²) < 4.78 is 11.9. The Hall–Kier alpha value is -4.52. The molecule has 6 rings (SSSR count). The summed E-state index contributed by atoms with van der Waals surface area (Å²) in [6.07, 6.45) is -3.74. The maximum Gasteiger partial charge on any atom is 0.335 e. The highest BCUT2D eigenvalue weighted by atomic mass is 16.7. The molecule has 0 amide bonds. The number of carboxylic acids is 1. The Morgan fingerprint density at radius 3 is 2.14 bits per heavy atom. The largest absolute Gasteiger partial charge is 0.507 e. The molecule has 7 N–H and O–H groups in total. The zero-order chi connectivity index (χ0) is 36.4. The molecule has 0 spiro atoms. The van der Waals surface area contributed by atoms with Gasteiger partial charge in [0, 0.05) is 17.4 Å². The van der Waals surface area contributed by atoms with Crippen LogP contribution in [-0.2, 0) is 24.0 Å². The summed E-state index contributed by atoms with van der Waals surface area (Å²) in [6.45, 7) is 1.45. The van der Waals surface area contributed by atoms with E-state index in [9.17, 15) is 45.3 Å². The first-order valence-electron chi connectivity index (χ1n) is 17.4. The number of aliphatic hydroxyl groups is 4. The summed E-state index contributed by atoms with van der Waals surface area (Å²) in [5, 5.41) is 76.4. The number of aliphatic hydroxyl groups excluding tert-OH is 3. The molecule has 11 heteroatoms. The lowest BCUT2D eigenvalue weighted by molar-refractivity contribution is -0.308. The number of hydrogen-bond donors (Lipinski definition) is 7. The number of carbonyl (C=O) groups excluding carboxylic acids is 1. The summed E-state index contributed by atoms with van der Waals surface area (Å²) >= 11 is 0. The van der Waals surface area contributed by atoms with Crippen molar-refractivity contribution in [2.24, 2.45) is 0 Å². The first-order chi connectivity index (χ1) is 24.4. The Balaban J connectivity index is 1.32. The molecular weight excluding hydrogens is 656 g/mol. The fourth-order valence-corrected chi connectivity index (χ4v) is 7.53. The van der Waals surface area contributed by atoms with Crippen molar-refractivity contribution in [3.8, 4) is 17.2 Å². The molecule has 1 aliphatic heterocycles. The van der Waals surface area contributed by atoms with Crippen molar-refractivity contribution in [2.45, 2.75) is 101 Å². The van der Waals surface area contributed by atoms with Crippen molar-refractivity contribution in [3.05, 3.63) is 100 Å². The SMILES string of the molecule is Cc1c(C(=O)CCc2ccccc2CCc2ccccc2)c(O)c2c(O[C@@H]3O[C@H](C4(O)CCCCC4)[C@@H](O)[C@H](O)[C@H]3O)cc(C(=O)O)cc2c1O. The third-order valence-electron chi connectivity index (χ3n) is 10.4. The van der Waals surface area contributed by atoms with E-state index in [-0.39, 0.29) is 52.5 Å². The van der Waals surface area contributed by atoms with Gasteiger partial charge in [-0.3, -0.25) is 4.79 Å². The van der Waals surface area contributed by atoms with E-state index in [0.29, 0.717) is 19.3 Å². The number of aryl methyl sites for hydroxylation is 3. The van der Waals surface area contributed by atoms with Crippen LogP contribution in [0.1, 0.15) is 81.5 Å². The smallest absolute Gasteiger partial charge is 0.335 e. The minimum Gasteiger partial charge on any atom is -0.507 e. The minimum absolute atomic E-state index is 0.0140. The minimum atomic E-state index is -1.85. The number of carbonyl (C=O) groups is 2. The number of phenols is 2. The quantitative estimate of drug-likeness (QED) is 0.0844. The van der Waals surface area contributed by atoms with E-state index < -0.39 is 59.6 Å². The highest BCUT2D eigenvalue weighted by Crippen LogP contribution is 2.46. The summed E-state index contributed by atoms with van der Waals surface area (Å²) in [6, 6.07) is 20.1. The molecule has 1 heterocycles. The molecule has 5 atom stereocenters. The number of rotatable bonds is 11. The molecule has 1 saturated heterocycles. The highest BCUT2D eigenvalue weighted by molar-refractivity contribution is 6.11. The summed E-state index contributed by atoms with van der Waals surface area (Å²) in [5.74, 6) is -3.24. The van der Waals surface area contributed by atoms with Crippen molar-refractivity contribution >= 4 is 22.5 Å². The first kappa shape index (κ1) is 36.3. The second-order valence-corrected chi connectivity index (χ2v) is 13.8. The Labute approximate surface area is 295 Å². The van der Waals surface area contributed by atoms with Gasteiger partial charge in [-0.15, -0.1) is 0 Å². The van der Waals surface area contributed by atoms with Gasteiger partial charge in [-0.25, -0.2) is 4.79 Å². The van der Waals surface area contributed by atoms with E-state index in [1.165, 1.54) is 12.5 Å². The van der Waals surface area contributed by atoms with Crippen LogP contribution in [0.3, 0.4) is 0 Å². The average molecular weight is 701 g/mol. The van der Waals surface area contributed by atoms with E-state index in [1.54, 1.807) is 0 Å². The fraction of sp³-hybridized carbons (Fsp3) is 0.400. The topological polar surface area (TPSA) is 194 Å². The molecule has 51 heavy (non-hydrogen) atoms. The Morgan fingerprint density at radius 2 is 1.47 bits per heavy atom. The van der Waals surface area contributed by atoms with Crippen LogP contribution in [0.25, 0.3) is 10.8 Å². The van der Waals surface area contributed by atoms with Crippen LogP contribution >= 0.6 is 0 Å². The van der Waals surface area contributed by atoms with Crippen molar-refractivity contribution in [1.29, 1.82) is 0 Å². The molecule has 1 aliphatic carbocycles. The number of phenolic OH excluding ortho intramolecular Hbond substituents is 2. The number of aromatic carboxylic acids is 1. The third-order valence-corrected chi connectivity index (χ3v) is 10.4.